The fourth-order valence-electron chi connectivity index (χ4n) is 1.75. The van der Waals surface area contributed by atoms with Gasteiger partial charge in [-0.15, -0.1) is 11.8 Å². The van der Waals surface area contributed by atoms with Crippen LogP contribution in [0.1, 0.15) is 0 Å². The fraction of sp³-hybridized carbons (Fsp3) is 0.455. The fourth-order valence-corrected chi connectivity index (χ4v) is 5.00. The first-order valence-electron chi connectivity index (χ1n) is 5.43. The third-order valence-electron chi connectivity index (χ3n) is 2.76. The molecule has 1 atom stereocenters. The van der Waals surface area contributed by atoms with Crippen molar-refractivity contribution in [2.24, 2.45) is 0 Å². The van der Waals surface area contributed by atoms with E-state index >= 15 is 0 Å². The summed E-state index contributed by atoms with van der Waals surface area (Å²) in [5.74, 6) is 0.834. The van der Waals surface area contributed by atoms with Gasteiger partial charge in [-0.2, -0.15) is 0 Å². The number of morpholine rings is 1. The minimum absolute atomic E-state index is 0. The molecule has 0 bridgehead atoms. The molecule has 18 heavy (non-hydrogen) atoms. The molecular weight excluding hydrogens is 296 g/mol. The van der Waals surface area contributed by atoms with Gasteiger partial charge in [-0.25, -0.2) is 0 Å². The predicted octanol–water partition coefficient (Wildman–Crippen LogP) is -1.49. The molecule has 0 N–H and O–H groups in total. The zero-order valence-corrected chi connectivity index (χ0v) is 15.2. The van der Waals surface area contributed by atoms with E-state index in [-0.39, 0.29) is 29.6 Å². The first-order chi connectivity index (χ1) is 8.14. The molecule has 0 saturated carbocycles. The van der Waals surface area contributed by atoms with E-state index in [9.17, 15) is 0 Å². The van der Waals surface area contributed by atoms with Crippen LogP contribution >= 0.6 is 5.39 Å². The van der Waals surface area contributed by atoms with Crippen molar-refractivity contribution in [1.82, 2.24) is 4.67 Å². The van der Waals surface area contributed by atoms with Crippen molar-refractivity contribution < 1.29 is 39.0 Å². The van der Waals surface area contributed by atoms with Crippen LogP contribution in [0.3, 0.4) is 0 Å². The maximum absolute atomic E-state index is 5.66. The molecule has 0 aromatic heterocycles. The molecule has 1 unspecified atom stereocenters. The molecule has 0 aliphatic carbocycles. The van der Waals surface area contributed by atoms with Gasteiger partial charge >= 0.3 is 29.6 Å². The third kappa shape index (κ3) is 3.97. The number of nitrogens with zero attached hydrogens (tertiary/aromatic N) is 1. The first kappa shape index (κ1) is 17.0. The van der Waals surface area contributed by atoms with Crippen molar-refractivity contribution in [3.8, 4) is 5.75 Å². The van der Waals surface area contributed by atoms with Gasteiger partial charge in [0.05, 0.1) is 20.3 Å². The van der Waals surface area contributed by atoms with Crippen molar-refractivity contribution in [3.63, 3.8) is 0 Å². The number of hydrogen-bond acceptors (Lipinski definition) is 4. The topological polar surface area (TPSA) is 21.7 Å². The van der Waals surface area contributed by atoms with E-state index in [1.165, 1.54) is 0 Å². The second-order valence-corrected chi connectivity index (χ2v) is 9.77. The molecule has 94 valence electrons. The van der Waals surface area contributed by atoms with E-state index in [4.69, 9.17) is 33.5 Å². The standard InChI is InChI=1S/C11H16NO2PS2.Na/c1-13-10-2-4-11(5-3-10)15(16,17)12-6-8-14-9-7-12;/h2-5H,6-9H2,1H3,(H,16,17);/q;+1/p-1. The Balaban J connectivity index is 0.00000162. The van der Waals surface area contributed by atoms with Crippen LogP contribution in [0.15, 0.2) is 24.3 Å². The number of ether oxygens (including phenoxy) is 2. The van der Waals surface area contributed by atoms with Crippen molar-refractivity contribution in [2.75, 3.05) is 33.4 Å². The zero-order valence-electron chi connectivity index (χ0n) is 10.7. The van der Waals surface area contributed by atoms with Crippen LogP contribution < -0.4 is 39.6 Å². The number of hydrogen-bond donors (Lipinski definition) is 0. The minimum atomic E-state index is -2.04. The molecule has 2 rings (SSSR count). The van der Waals surface area contributed by atoms with Gasteiger partial charge in [-0.1, -0.05) is 17.5 Å². The Hall–Kier alpha value is 0.940. The van der Waals surface area contributed by atoms with E-state index in [1.54, 1.807) is 7.11 Å². The molecular formula is C11H15NNaO2PS2. The summed E-state index contributed by atoms with van der Waals surface area (Å²) in [7, 11) is 1.65. The van der Waals surface area contributed by atoms with Crippen LogP contribution in [-0.2, 0) is 28.8 Å². The van der Waals surface area contributed by atoms with Crippen molar-refractivity contribution in [1.29, 1.82) is 0 Å². The summed E-state index contributed by atoms with van der Waals surface area (Å²) in [6.45, 7) is 3.13. The molecule has 0 radical (unpaired) electrons. The Bertz CT molecular complexity index is 424. The van der Waals surface area contributed by atoms with Crippen LogP contribution in [-0.4, -0.2) is 38.1 Å². The molecule has 1 saturated heterocycles. The molecule has 0 spiro atoms. The average molecular weight is 311 g/mol. The summed E-state index contributed by atoms with van der Waals surface area (Å²) in [6.07, 6.45) is 0. The van der Waals surface area contributed by atoms with Gasteiger partial charge in [-0.05, 0) is 17.4 Å². The van der Waals surface area contributed by atoms with Crippen molar-refractivity contribution in [2.45, 2.75) is 0 Å². The molecule has 0 amide bonds. The van der Waals surface area contributed by atoms with Crippen LogP contribution in [0.25, 0.3) is 0 Å². The van der Waals surface area contributed by atoms with Crippen LogP contribution in [0.4, 0.5) is 0 Å². The van der Waals surface area contributed by atoms with Gasteiger partial charge in [0.1, 0.15) is 5.75 Å². The molecule has 7 heteroatoms. The SMILES string of the molecule is COc1ccc(P(=S)([S-])N2CCOCC2)cc1.[Na+]. The molecule has 1 fully saturated rings. The normalized spacial score (nSPS) is 19.7. The van der Waals surface area contributed by atoms with E-state index in [0.717, 1.165) is 37.4 Å². The summed E-state index contributed by atoms with van der Waals surface area (Å²) in [6, 6.07) is 7.82. The molecule has 1 aromatic rings. The summed E-state index contributed by atoms with van der Waals surface area (Å²) >= 11 is 11.3. The smallest absolute Gasteiger partial charge is 0.727 e. The average Bonchev–Trinajstić information content (AvgIpc) is 2.40. The van der Waals surface area contributed by atoms with Crippen molar-refractivity contribution in [3.05, 3.63) is 24.3 Å². The van der Waals surface area contributed by atoms with Gasteiger partial charge in [-0.3, -0.25) is 4.67 Å². The van der Waals surface area contributed by atoms with Crippen LogP contribution in [0.2, 0.25) is 0 Å². The largest absolute Gasteiger partial charge is 1.00 e. The van der Waals surface area contributed by atoms with Gasteiger partial charge in [0.2, 0.25) is 0 Å². The Labute approximate surface area is 141 Å². The van der Waals surface area contributed by atoms with Gasteiger partial charge in [0, 0.05) is 13.1 Å². The zero-order chi connectivity index (χ0) is 12.3. The third-order valence-corrected chi connectivity index (χ3v) is 7.50. The number of benzene rings is 1. The van der Waals surface area contributed by atoms with E-state index in [0.29, 0.717) is 0 Å². The van der Waals surface area contributed by atoms with E-state index in [2.05, 4.69) is 4.67 Å². The van der Waals surface area contributed by atoms with Crippen molar-refractivity contribution >= 4 is 34.8 Å². The molecule has 1 aromatic carbocycles. The molecule has 1 heterocycles. The molecule has 1 aliphatic rings. The number of methoxy groups -OCH3 is 1. The number of rotatable bonds is 3. The Morgan fingerprint density at radius 3 is 2.33 bits per heavy atom. The quantitative estimate of drug-likeness (QED) is 0.384. The van der Waals surface area contributed by atoms with E-state index < -0.39 is 5.39 Å². The monoisotopic (exact) mass is 311 g/mol. The summed E-state index contributed by atoms with van der Waals surface area (Å²) < 4.78 is 12.7. The van der Waals surface area contributed by atoms with Gasteiger partial charge in [0.25, 0.3) is 0 Å². The van der Waals surface area contributed by atoms with Crippen LogP contribution in [0, 0.1) is 0 Å². The molecule has 1 aliphatic heterocycles. The second-order valence-electron chi connectivity index (χ2n) is 3.78. The Morgan fingerprint density at radius 2 is 1.83 bits per heavy atom. The minimum Gasteiger partial charge on any atom is -0.727 e. The first-order valence-corrected chi connectivity index (χ1v) is 9.20. The van der Waals surface area contributed by atoms with E-state index in [1.807, 2.05) is 24.3 Å². The second kappa shape index (κ2) is 7.65. The summed E-state index contributed by atoms with van der Waals surface area (Å²) in [4.78, 5) is 0. The summed E-state index contributed by atoms with van der Waals surface area (Å²) in [5, 5.41) is -0.976. The predicted molar refractivity (Wildman–Crippen MR) is 76.7 cm³/mol. The Morgan fingerprint density at radius 1 is 1.28 bits per heavy atom. The van der Waals surface area contributed by atoms with Gasteiger partial charge in [0.15, 0.2) is 0 Å². The van der Waals surface area contributed by atoms with Gasteiger partial charge < -0.3 is 21.7 Å². The van der Waals surface area contributed by atoms with Crippen LogP contribution in [0.5, 0.6) is 5.75 Å². The maximum atomic E-state index is 5.66. The molecule has 3 nitrogen and oxygen atoms in total. The Kier molecular flexibility index (Phi) is 7.22. The summed E-state index contributed by atoms with van der Waals surface area (Å²) in [5.41, 5.74) is 0. The maximum Gasteiger partial charge on any atom is 1.00 e.